The zero-order valence-corrected chi connectivity index (χ0v) is 22.5. The van der Waals surface area contributed by atoms with Crippen LogP contribution < -0.4 is 11.1 Å². The Kier molecular flexibility index (Phi) is 6.70. The van der Waals surface area contributed by atoms with Gasteiger partial charge in [0.1, 0.15) is 6.04 Å². The third-order valence-electron chi connectivity index (χ3n) is 9.89. The maximum Gasteiger partial charge on any atom is 0.481 e. The fourth-order valence-electron chi connectivity index (χ4n) is 7.15. The summed E-state index contributed by atoms with van der Waals surface area (Å²) < 4.78 is 13.1. The number of hydrogen-bond acceptors (Lipinski definition) is 5. The van der Waals surface area contributed by atoms with Gasteiger partial charge in [0.2, 0.25) is 11.8 Å². The van der Waals surface area contributed by atoms with Crippen LogP contribution in [0.4, 0.5) is 0 Å². The van der Waals surface area contributed by atoms with Gasteiger partial charge in [0.25, 0.3) is 0 Å². The lowest BCUT2D eigenvalue weighted by Crippen LogP contribution is -2.65. The van der Waals surface area contributed by atoms with Crippen molar-refractivity contribution in [3.8, 4) is 0 Å². The Labute approximate surface area is 206 Å². The molecule has 8 heteroatoms. The topological polar surface area (TPSA) is 93.9 Å². The van der Waals surface area contributed by atoms with Gasteiger partial charge in [0, 0.05) is 6.54 Å². The first-order chi connectivity index (χ1) is 15.8. The van der Waals surface area contributed by atoms with Gasteiger partial charge < -0.3 is 25.3 Å². The van der Waals surface area contributed by atoms with Crippen LogP contribution >= 0.6 is 0 Å². The fourth-order valence-corrected chi connectivity index (χ4v) is 7.15. The summed E-state index contributed by atoms with van der Waals surface area (Å²) in [6, 6.07) is -0.531. The quantitative estimate of drug-likeness (QED) is 0.526. The maximum atomic E-state index is 13.6. The van der Waals surface area contributed by atoms with E-state index in [1.807, 2.05) is 20.8 Å². The molecule has 6 unspecified atom stereocenters. The van der Waals surface area contributed by atoms with E-state index in [2.05, 4.69) is 39.9 Å². The Morgan fingerprint density at radius 1 is 1.24 bits per heavy atom. The molecule has 3 N–H and O–H groups in total. The van der Waals surface area contributed by atoms with Crippen molar-refractivity contribution in [1.29, 1.82) is 0 Å². The van der Waals surface area contributed by atoms with E-state index in [9.17, 15) is 9.59 Å². The predicted octanol–water partition coefficient (Wildman–Crippen LogP) is 3.15. The van der Waals surface area contributed by atoms with Gasteiger partial charge >= 0.3 is 7.12 Å². The molecule has 0 aromatic heterocycles. The van der Waals surface area contributed by atoms with Gasteiger partial charge in [-0.15, -0.1) is 0 Å². The van der Waals surface area contributed by atoms with Crippen molar-refractivity contribution in [1.82, 2.24) is 10.2 Å². The second-order valence-electron chi connectivity index (χ2n) is 12.9. The maximum absolute atomic E-state index is 13.6. The van der Waals surface area contributed by atoms with Gasteiger partial charge in [-0.2, -0.15) is 0 Å². The molecule has 0 radical (unpaired) electrons. The second-order valence-corrected chi connectivity index (χ2v) is 12.9. The van der Waals surface area contributed by atoms with Crippen LogP contribution in [0.25, 0.3) is 0 Å². The molecule has 2 saturated heterocycles. The molecule has 0 aromatic rings. The Hall–Kier alpha value is -1.12. The summed E-state index contributed by atoms with van der Waals surface area (Å²) >= 11 is 0. The Morgan fingerprint density at radius 3 is 2.44 bits per heavy atom. The van der Waals surface area contributed by atoms with Crippen molar-refractivity contribution >= 4 is 18.9 Å². The number of hydrogen-bond donors (Lipinski definition) is 2. The van der Waals surface area contributed by atoms with Crippen LogP contribution in [0, 0.1) is 29.1 Å². The summed E-state index contributed by atoms with van der Waals surface area (Å²) in [6.45, 7) is 17.6. The van der Waals surface area contributed by atoms with Crippen molar-refractivity contribution in [2.24, 2.45) is 34.8 Å². The number of rotatable bonds is 8. The minimum atomic E-state index is -0.894. The molecule has 5 rings (SSSR count). The molecule has 7 atom stereocenters. The number of carbonyl (C=O) groups excluding carboxylic acids is 2. The van der Waals surface area contributed by atoms with Crippen LogP contribution in [-0.2, 0) is 18.9 Å². The molecule has 2 bridgehead atoms. The number of amides is 2. The molecule has 0 spiro atoms. The first kappa shape index (κ1) is 26.0. The van der Waals surface area contributed by atoms with Gasteiger partial charge in [-0.25, -0.2) is 0 Å². The molecule has 7 nitrogen and oxygen atoms in total. The van der Waals surface area contributed by atoms with Crippen molar-refractivity contribution in [2.45, 2.75) is 117 Å². The van der Waals surface area contributed by atoms with E-state index >= 15 is 0 Å². The van der Waals surface area contributed by atoms with E-state index in [0.717, 1.165) is 6.42 Å². The third kappa shape index (κ3) is 3.92. The molecular weight excluding hydrogens is 429 g/mol. The van der Waals surface area contributed by atoms with Crippen LogP contribution in [0.1, 0.15) is 87.5 Å². The third-order valence-corrected chi connectivity index (χ3v) is 9.89. The molecule has 5 fully saturated rings. The van der Waals surface area contributed by atoms with E-state index in [-0.39, 0.29) is 46.7 Å². The first-order valence-electron chi connectivity index (χ1n) is 13.5. The normalized spacial score (nSPS) is 38.2. The van der Waals surface area contributed by atoms with E-state index in [4.69, 9.17) is 15.0 Å². The summed E-state index contributed by atoms with van der Waals surface area (Å²) in [5.74, 6) is 0.967. The van der Waals surface area contributed by atoms with Gasteiger partial charge in [0.05, 0.1) is 23.2 Å². The molecule has 3 saturated carbocycles. The highest BCUT2D eigenvalue weighted by Crippen LogP contribution is 2.65. The fraction of sp³-hybridized carbons (Fsp3) is 0.923. The van der Waals surface area contributed by atoms with Crippen molar-refractivity contribution in [3.05, 3.63) is 0 Å². The molecule has 2 amide bonds. The minimum Gasteiger partial charge on any atom is -0.404 e. The molecule has 192 valence electrons. The number of likely N-dealkylation sites (tertiary alicyclic amines) is 1. The van der Waals surface area contributed by atoms with Crippen molar-refractivity contribution < 1.29 is 18.9 Å². The number of nitrogens with one attached hydrogen (secondary N) is 1. The van der Waals surface area contributed by atoms with Crippen LogP contribution in [0.15, 0.2) is 0 Å². The molecule has 2 aliphatic heterocycles. The van der Waals surface area contributed by atoms with E-state index in [0.29, 0.717) is 37.6 Å². The van der Waals surface area contributed by atoms with Gasteiger partial charge in [-0.05, 0) is 68.1 Å². The average Bonchev–Trinajstić information content (AvgIpc) is 3.26. The highest BCUT2D eigenvalue weighted by molar-refractivity contribution is 6.47. The molecular formula is C26H46BN3O4. The van der Waals surface area contributed by atoms with Crippen LogP contribution in [0.2, 0.25) is 0 Å². The number of carbonyl (C=O) groups is 2. The summed E-state index contributed by atoms with van der Waals surface area (Å²) in [5.41, 5.74) is 5.57. The molecule has 5 aliphatic rings. The first-order valence-corrected chi connectivity index (χ1v) is 13.5. The van der Waals surface area contributed by atoms with E-state index in [1.54, 1.807) is 4.90 Å². The zero-order valence-electron chi connectivity index (χ0n) is 22.5. The van der Waals surface area contributed by atoms with Gasteiger partial charge in [-0.1, -0.05) is 48.5 Å². The summed E-state index contributed by atoms with van der Waals surface area (Å²) in [7, 11) is -0.461. The summed E-state index contributed by atoms with van der Waals surface area (Å²) in [6.07, 6.45) is 4.18. The lowest BCUT2D eigenvalue weighted by Gasteiger charge is -2.64. The van der Waals surface area contributed by atoms with Crippen LogP contribution in [0.5, 0.6) is 0 Å². The Bertz CT molecular complexity index is 820. The van der Waals surface area contributed by atoms with Gasteiger partial charge in [0.15, 0.2) is 0 Å². The predicted molar refractivity (Wildman–Crippen MR) is 134 cm³/mol. The van der Waals surface area contributed by atoms with Gasteiger partial charge in [-0.3, -0.25) is 9.59 Å². The Balaban J connectivity index is 1.48. The van der Waals surface area contributed by atoms with Crippen molar-refractivity contribution in [3.63, 3.8) is 0 Å². The lowest BCUT2D eigenvalue weighted by atomic mass is 9.43. The van der Waals surface area contributed by atoms with E-state index < -0.39 is 18.7 Å². The monoisotopic (exact) mass is 475 g/mol. The average molecular weight is 475 g/mol. The van der Waals surface area contributed by atoms with Crippen LogP contribution in [0.3, 0.4) is 0 Å². The van der Waals surface area contributed by atoms with Crippen LogP contribution in [-0.4, -0.2) is 59.6 Å². The highest BCUT2D eigenvalue weighted by atomic mass is 16.7. The molecule has 0 aromatic carbocycles. The highest BCUT2D eigenvalue weighted by Gasteiger charge is 2.68. The second kappa shape index (κ2) is 8.77. The SMILES string of the molecule is CCC(NC(=O)[C@H](CC(C)C)N1CCC(N)(C(C)C)C1=O)B1OC2CC3CC(C3(C)C)C2(C)O1. The zero-order chi connectivity index (χ0) is 25.2. The largest absolute Gasteiger partial charge is 0.481 e. The number of nitrogens with zero attached hydrogens (tertiary/aromatic N) is 1. The lowest BCUT2D eigenvalue weighted by molar-refractivity contribution is -0.199. The number of nitrogens with two attached hydrogens (primary N) is 1. The molecule has 34 heavy (non-hydrogen) atoms. The van der Waals surface area contributed by atoms with E-state index in [1.165, 1.54) is 6.42 Å². The minimum absolute atomic E-state index is 0.0241. The molecule has 2 heterocycles. The summed E-state index contributed by atoms with van der Waals surface area (Å²) in [5, 5.41) is 3.22. The Morgan fingerprint density at radius 2 is 1.91 bits per heavy atom. The van der Waals surface area contributed by atoms with Crippen molar-refractivity contribution in [2.75, 3.05) is 6.54 Å². The standard InChI is InChI=1S/C26H46BN3O4/c1-9-21(27-33-20-14-17-13-19(24(17,6)7)25(20,8)34-27)29-22(31)18(12-15(2)3)30-11-10-26(28,16(4)5)23(30)32/h15-21H,9-14,28H2,1-8H3,(H,29,31)/t17?,18-,19?,20?,21?,25?,26?/m0/s1. The molecule has 3 aliphatic carbocycles. The smallest absolute Gasteiger partial charge is 0.404 e. The summed E-state index contributed by atoms with van der Waals surface area (Å²) in [4.78, 5) is 28.6.